The highest BCUT2D eigenvalue weighted by Gasteiger charge is 2.28. The van der Waals surface area contributed by atoms with Crippen molar-refractivity contribution in [3.8, 4) is 17.9 Å². The number of nitriles is 2. The van der Waals surface area contributed by atoms with Crippen LogP contribution in [0.3, 0.4) is 0 Å². The molecule has 160 valence electrons. The van der Waals surface area contributed by atoms with Crippen LogP contribution in [0.5, 0.6) is 5.75 Å². The molecule has 0 aromatic heterocycles. The number of halogens is 1. The topological polar surface area (TPSA) is 142 Å². The Morgan fingerprint density at radius 1 is 1.17 bits per heavy atom. The highest BCUT2D eigenvalue weighted by Crippen LogP contribution is 2.49. The van der Waals surface area contributed by atoms with Gasteiger partial charge in [-0.05, 0) is 17.7 Å². The molecule has 1 aromatic rings. The van der Waals surface area contributed by atoms with Crippen molar-refractivity contribution in [2.24, 2.45) is 0 Å². The first kappa shape index (κ1) is 26.5. The standard InChI is InChI=1S/C15H17FN3O6P.C3H8/c16-19-14(15(20)21)11-12-3-5-13(6-4-12)25-26(22,23-9-1-7-17)24-10-2-8-18;1-3-2/h3-6,14,19H,1-2,9-11H2,(H,20,21);3H2,1-2H3. The molecule has 1 rings (SSSR count). The first-order valence-corrected chi connectivity index (χ1v) is 10.3. The maximum Gasteiger partial charge on any atom is 0.530 e. The van der Waals surface area contributed by atoms with Crippen molar-refractivity contribution in [3.63, 3.8) is 0 Å². The molecule has 0 aliphatic rings. The first-order valence-electron chi connectivity index (χ1n) is 8.86. The lowest BCUT2D eigenvalue weighted by Crippen LogP contribution is -2.33. The molecule has 1 atom stereocenters. The highest BCUT2D eigenvalue weighted by molar-refractivity contribution is 7.48. The Hall–Kier alpha value is -2.49. The lowest BCUT2D eigenvalue weighted by molar-refractivity contribution is -0.140. The third-order valence-corrected chi connectivity index (χ3v) is 4.37. The van der Waals surface area contributed by atoms with Gasteiger partial charge in [-0.25, -0.2) is 4.57 Å². The van der Waals surface area contributed by atoms with E-state index in [0.717, 1.165) is 0 Å². The van der Waals surface area contributed by atoms with E-state index in [2.05, 4.69) is 13.8 Å². The summed E-state index contributed by atoms with van der Waals surface area (Å²) in [5.74, 6) is -1.24. The van der Waals surface area contributed by atoms with Gasteiger partial charge in [-0.3, -0.25) is 13.8 Å². The van der Waals surface area contributed by atoms with Gasteiger partial charge in [0.15, 0.2) is 0 Å². The number of nitrogens with zero attached hydrogens (tertiary/aromatic N) is 2. The number of hydrogen-bond acceptors (Lipinski definition) is 8. The third kappa shape index (κ3) is 11.8. The summed E-state index contributed by atoms with van der Waals surface area (Å²) in [6.07, 6.45) is 1.09. The number of carboxylic acids is 1. The van der Waals surface area contributed by atoms with E-state index in [9.17, 15) is 13.8 Å². The van der Waals surface area contributed by atoms with Gasteiger partial charge in [-0.1, -0.05) is 32.4 Å². The zero-order valence-electron chi connectivity index (χ0n) is 16.3. The van der Waals surface area contributed by atoms with Crippen LogP contribution < -0.4 is 10.1 Å². The van der Waals surface area contributed by atoms with Gasteiger partial charge >= 0.3 is 13.8 Å². The molecule has 0 aliphatic carbocycles. The average molecular weight is 429 g/mol. The van der Waals surface area contributed by atoms with Gasteiger partial charge in [-0.2, -0.15) is 10.5 Å². The van der Waals surface area contributed by atoms with Crippen LogP contribution in [0.15, 0.2) is 24.3 Å². The average Bonchev–Trinajstić information content (AvgIpc) is 2.68. The Balaban J connectivity index is 0.00000245. The van der Waals surface area contributed by atoms with Crippen LogP contribution in [0.4, 0.5) is 4.48 Å². The second-order valence-corrected chi connectivity index (χ2v) is 7.17. The lowest BCUT2D eigenvalue weighted by Gasteiger charge is -2.18. The molecule has 0 amide bonds. The van der Waals surface area contributed by atoms with Crippen molar-refractivity contribution in [2.45, 2.75) is 45.6 Å². The molecule has 29 heavy (non-hydrogen) atoms. The Morgan fingerprint density at radius 3 is 2.03 bits per heavy atom. The number of carbonyl (C=O) groups is 1. The Morgan fingerprint density at radius 2 is 1.66 bits per heavy atom. The van der Waals surface area contributed by atoms with E-state index >= 15 is 0 Å². The minimum atomic E-state index is -4.03. The number of nitrogens with one attached hydrogen (secondary N) is 1. The van der Waals surface area contributed by atoms with Gasteiger partial charge < -0.3 is 9.63 Å². The number of carboxylic acid groups (broad SMARTS) is 1. The second kappa shape index (κ2) is 15.4. The Labute approximate surface area is 169 Å². The number of benzene rings is 1. The van der Waals surface area contributed by atoms with Crippen LogP contribution in [0.25, 0.3) is 0 Å². The van der Waals surface area contributed by atoms with Gasteiger partial charge in [0.2, 0.25) is 0 Å². The van der Waals surface area contributed by atoms with E-state index in [1.165, 1.54) is 36.2 Å². The Kier molecular flexibility index (Phi) is 14.1. The number of phosphoric ester groups is 1. The highest BCUT2D eigenvalue weighted by atomic mass is 31.2. The van der Waals surface area contributed by atoms with Crippen LogP contribution in [-0.4, -0.2) is 30.3 Å². The molecule has 1 aromatic carbocycles. The normalized spacial score (nSPS) is 11.3. The second-order valence-electron chi connectivity index (χ2n) is 5.58. The fourth-order valence-electron chi connectivity index (χ4n) is 1.72. The molecular formula is C18H25FN3O6P. The van der Waals surface area contributed by atoms with Gasteiger partial charge in [0.05, 0.1) is 38.2 Å². The molecule has 11 heteroatoms. The van der Waals surface area contributed by atoms with Crippen LogP contribution in [0.2, 0.25) is 0 Å². The SMILES string of the molecule is CCC.N#CCCOP(=O)(OCCC#N)Oc1ccc(CC(NF)C(=O)O)cc1. The minimum absolute atomic E-state index is 0.0271. The predicted molar refractivity (Wildman–Crippen MR) is 102 cm³/mol. The van der Waals surface area contributed by atoms with Gasteiger partial charge in [0.25, 0.3) is 0 Å². The predicted octanol–water partition coefficient (Wildman–Crippen LogP) is 3.92. The fraction of sp³-hybridized carbons (Fsp3) is 0.500. The van der Waals surface area contributed by atoms with Crippen LogP contribution >= 0.6 is 7.82 Å². The Bertz CT molecular complexity index is 709. The van der Waals surface area contributed by atoms with E-state index in [4.69, 9.17) is 29.2 Å². The molecule has 0 saturated carbocycles. The van der Waals surface area contributed by atoms with Gasteiger partial charge in [-0.15, -0.1) is 10.0 Å². The van der Waals surface area contributed by atoms with E-state index in [1.807, 2.05) is 12.1 Å². The summed E-state index contributed by atoms with van der Waals surface area (Å²) in [5, 5.41) is 25.8. The largest absolute Gasteiger partial charge is 0.530 e. The molecule has 0 fully saturated rings. The maximum absolute atomic E-state index is 12.5. The summed E-state index contributed by atoms with van der Waals surface area (Å²) < 4.78 is 40.2. The zero-order chi connectivity index (χ0) is 22.1. The quantitative estimate of drug-likeness (QED) is 0.287. The smallest absolute Gasteiger partial charge is 0.480 e. The van der Waals surface area contributed by atoms with Crippen LogP contribution in [-0.2, 0) is 24.8 Å². The first-order chi connectivity index (χ1) is 13.9. The number of aliphatic carboxylic acids is 1. The summed E-state index contributed by atoms with van der Waals surface area (Å²) in [6, 6.07) is 7.96. The third-order valence-electron chi connectivity index (χ3n) is 2.94. The molecule has 2 N–H and O–H groups in total. The number of hydrogen-bond donors (Lipinski definition) is 2. The van der Waals surface area contributed by atoms with Gasteiger partial charge in [0.1, 0.15) is 11.8 Å². The van der Waals surface area contributed by atoms with Crippen LogP contribution in [0.1, 0.15) is 38.7 Å². The van der Waals surface area contributed by atoms with E-state index < -0.39 is 19.8 Å². The van der Waals surface area contributed by atoms with Crippen molar-refractivity contribution in [1.82, 2.24) is 5.54 Å². The maximum atomic E-state index is 12.5. The zero-order valence-corrected chi connectivity index (χ0v) is 17.2. The van der Waals surface area contributed by atoms with Crippen molar-refractivity contribution >= 4 is 13.8 Å². The summed E-state index contributed by atoms with van der Waals surface area (Å²) in [5.41, 5.74) is 1.69. The fourth-order valence-corrected chi connectivity index (χ4v) is 2.91. The molecule has 0 radical (unpaired) electrons. The van der Waals surface area contributed by atoms with Gasteiger partial charge in [0, 0.05) is 6.42 Å². The van der Waals surface area contributed by atoms with E-state index in [-0.39, 0.29) is 38.2 Å². The molecule has 0 bridgehead atoms. The molecular weight excluding hydrogens is 404 g/mol. The van der Waals surface area contributed by atoms with E-state index in [0.29, 0.717) is 5.56 Å². The van der Waals surface area contributed by atoms with Crippen molar-refractivity contribution in [2.75, 3.05) is 13.2 Å². The lowest BCUT2D eigenvalue weighted by atomic mass is 10.1. The van der Waals surface area contributed by atoms with Crippen molar-refractivity contribution < 1.29 is 32.5 Å². The summed E-state index contributed by atoms with van der Waals surface area (Å²) in [4.78, 5) is 10.8. The molecule has 1 unspecified atom stereocenters. The number of phosphoric acid groups is 1. The molecule has 0 aliphatic heterocycles. The minimum Gasteiger partial charge on any atom is -0.480 e. The summed E-state index contributed by atoms with van der Waals surface area (Å²) >= 11 is 0. The monoisotopic (exact) mass is 429 g/mol. The summed E-state index contributed by atoms with van der Waals surface area (Å²) in [6.45, 7) is 3.89. The van der Waals surface area contributed by atoms with Crippen molar-refractivity contribution in [3.05, 3.63) is 29.8 Å². The molecule has 0 heterocycles. The molecule has 0 spiro atoms. The number of rotatable bonds is 12. The van der Waals surface area contributed by atoms with Crippen LogP contribution in [0, 0.1) is 22.7 Å². The molecule has 9 nitrogen and oxygen atoms in total. The molecule has 0 saturated heterocycles. The van der Waals surface area contributed by atoms with E-state index in [1.54, 1.807) is 0 Å². The van der Waals surface area contributed by atoms with Crippen molar-refractivity contribution in [1.29, 1.82) is 10.5 Å². The summed E-state index contributed by atoms with van der Waals surface area (Å²) in [7, 11) is -4.03.